The molecule has 1 saturated carbocycles. The number of nitrogens with zero attached hydrogens (tertiary/aromatic N) is 2. The second kappa shape index (κ2) is 4.85. The van der Waals surface area contributed by atoms with Crippen LogP contribution in [0.1, 0.15) is 12.8 Å². The van der Waals surface area contributed by atoms with Crippen LogP contribution in [-0.4, -0.2) is 27.5 Å². The number of nitrogens with one attached hydrogen (secondary N) is 1. The maximum Gasteiger partial charge on any atom is 0.137 e. The fourth-order valence-corrected chi connectivity index (χ4v) is 3.23. The summed E-state index contributed by atoms with van der Waals surface area (Å²) >= 11 is 4.28. The van der Waals surface area contributed by atoms with Crippen molar-refractivity contribution in [3.05, 3.63) is 28.1 Å². The van der Waals surface area contributed by atoms with E-state index in [0.717, 1.165) is 23.3 Å². The Hall–Kier alpha value is -0.560. The minimum atomic E-state index is 0.444. The monoisotopic (exact) mass is 371 g/mol. The van der Waals surface area contributed by atoms with Crippen molar-refractivity contribution >= 4 is 51.1 Å². The SMILES string of the molecule is CSC1(CNc2ncnc3ccc(I)cc23)CC1. The van der Waals surface area contributed by atoms with Crippen molar-refractivity contribution in [1.82, 2.24) is 9.97 Å². The van der Waals surface area contributed by atoms with Crippen LogP contribution < -0.4 is 5.32 Å². The summed E-state index contributed by atoms with van der Waals surface area (Å²) < 4.78 is 1.66. The Labute approximate surface area is 124 Å². The van der Waals surface area contributed by atoms with Crippen LogP contribution in [0.2, 0.25) is 0 Å². The molecule has 0 bridgehead atoms. The molecule has 0 saturated heterocycles. The molecule has 1 aliphatic rings. The number of anilines is 1. The number of hydrogen-bond acceptors (Lipinski definition) is 4. The largest absolute Gasteiger partial charge is 0.368 e. The molecule has 1 N–H and O–H groups in total. The van der Waals surface area contributed by atoms with Gasteiger partial charge in [0.1, 0.15) is 12.1 Å². The van der Waals surface area contributed by atoms with E-state index >= 15 is 0 Å². The third kappa shape index (κ3) is 2.42. The van der Waals surface area contributed by atoms with Gasteiger partial charge in [0.2, 0.25) is 0 Å². The summed E-state index contributed by atoms with van der Waals surface area (Å²) in [5, 5.41) is 4.61. The summed E-state index contributed by atoms with van der Waals surface area (Å²) in [5.41, 5.74) is 1.00. The molecule has 2 aromatic rings. The van der Waals surface area contributed by atoms with Gasteiger partial charge in [-0.3, -0.25) is 0 Å². The normalized spacial score (nSPS) is 16.8. The smallest absolute Gasteiger partial charge is 0.137 e. The van der Waals surface area contributed by atoms with Crippen LogP contribution in [0, 0.1) is 3.57 Å². The van der Waals surface area contributed by atoms with E-state index in [-0.39, 0.29) is 0 Å². The zero-order valence-corrected chi connectivity index (χ0v) is 13.1. The van der Waals surface area contributed by atoms with Gasteiger partial charge in [-0.15, -0.1) is 0 Å². The average Bonchev–Trinajstić information content (AvgIpc) is 3.17. The molecule has 3 rings (SSSR count). The Morgan fingerprint density at radius 2 is 2.22 bits per heavy atom. The first-order valence-electron chi connectivity index (χ1n) is 5.92. The van der Waals surface area contributed by atoms with E-state index in [1.54, 1.807) is 6.33 Å². The number of halogens is 1. The molecule has 0 radical (unpaired) electrons. The summed E-state index contributed by atoms with van der Waals surface area (Å²) in [6, 6.07) is 6.26. The predicted molar refractivity (Wildman–Crippen MR) is 86.2 cm³/mol. The molecule has 0 aliphatic heterocycles. The number of benzene rings is 1. The van der Waals surface area contributed by atoms with Gasteiger partial charge in [0.15, 0.2) is 0 Å². The fraction of sp³-hybridized carbons (Fsp3) is 0.385. The van der Waals surface area contributed by atoms with Gasteiger partial charge in [-0.25, -0.2) is 9.97 Å². The first kappa shape index (κ1) is 12.5. The van der Waals surface area contributed by atoms with Crippen LogP contribution >= 0.6 is 34.4 Å². The van der Waals surface area contributed by atoms with Crippen LogP contribution in [0.3, 0.4) is 0 Å². The molecular formula is C13H14IN3S. The third-order valence-corrected chi connectivity index (χ3v) is 5.51. The van der Waals surface area contributed by atoms with Gasteiger partial charge < -0.3 is 5.32 Å². The second-order valence-electron chi connectivity index (χ2n) is 4.62. The second-order valence-corrected chi connectivity index (χ2v) is 7.14. The van der Waals surface area contributed by atoms with Crippen LogP contribution in [-0.2, 0) is 0 Å². The van der Waals surface area contributed by atoms with Crippen molar-refractivity contribution in [1.29, 1.82) is 0 Å². The summed E-state index contributed by atoms with van der Waals surface area (Å²) in [6.07, 6.45) is 6.44. The lowest BCUT2D eigenvalue weighted by Crippen LogP contribution is -2.18. The molecule has 1 heterocycles. The van der Waals surface area contributed by atoms with Gasteiger partial charge in [0.05, 0.1) is 5.52 Å². The van der Waals surface area contributed by atoms with Crippen LogP contribution in [0.15, 0.2) is 24.5 Å². The lowest BCUT2D eigenvalue weighted by Gasteiger charge is -2.14. The average molecular weight is 371 g/mol. The van der Waals surface area contributed by atoms with E-state index in [4.69, 9.17) is 0 Å². The van der Waals surface area contributed by atoms with Crippen LogP contribution in [0.25, 0.3) is 10.9 Å². The van der Waals surface area contributed by atoms with Gasteiger partial charge in [0.25, 0.3) is 0 Å². The highest BCUT2D eigenvalue weighted by Gasteiger charge is 2.41. The first-order valence-corrected chi connectivity index (χ1v) is 8.22. The van der Waals surface area contributed by atoms with Crippen LogP contribution in [0.4, 0.5) is 5.82 Å². The lowest BCUT2D eigenvalue weighted by molar-refractivity contribution is 0.941. The van der Waals surface area contributed by atoms with Gasteiger partial charge in [-0.05, 0) is 59.9 Å². The first-order chi connectivity index (χ1) is 8.72. The van der Waals surface area contributed by atoms with E-state index in [1.165, 1.54) is 16.4 Å². The molecule has 94 valence electrons. The van der Waals surface area contributed by atoms with E-state index in [9.17, 15) is 0 Å². The van der Waals surface area contributed by atoms with Gasteiger partial charge in [-0.2, -0.15) is 11.8 Å². The molecule has 1 aromatic heterocycles. The molecule has 3 nitrogen and oxygen atoms in total. The molecule has 18 heavy (non-hydrogen) atoms. The fourth-order valence-electron chi connectivity index (χ4n) is 2.01. The van der Waals surface area contributed by atoms with E-state index in [1.807, 2.05) is 17.8 Å². The molecule has 0 unspecified atom stereocenters. The Bertz CT molecular complexity index is 583. The highest BCUT2D eigenvalue weighted by Crippen LogP contribution is 2.47. The number of fused-ring (bicyclic) bond motifs is 1. The molecule has 1 fully saturated rings. The van der Waals surface area contributed by atoms with Crippen molar-refractivity contribution in [3.63, 3.8) is 0 Å². The Morgan fingerprint density at radius 1 is 1.39 bits per heavy atom. The van der Waals surface area contributed by atoms with E-state index < -0.39 is 0 Å². The van der Waals surface area contributed by atoms with Crippen molar-refractivity contribution < 1.29 is 0 Å². The topological polar surface area (TPSA) is 37.8 Å². The predicted octanol–water partition coefficient (Wildman–Crippen LogP) is 3.54. The number of aromatic nitrogens is 2. The molecular weight excluding hydrogens is 357 g/mol. The Morgan fingerprint density at radius 3 is 2.94 bits per heavy atom. The summed E-state index contributed by atoms with van der Waals surface area (Å²) in [5.74, 6) is 0.957. The zero-order chi connectivity index (χ0) is 12.6. The molecule has 1 aromatic carbocycles. The molecule has 0 atom stereocenters. The maximum absolute atomic E-state index is 4.38. The Kier molecular flexibility index (Phi) is 3.36. The van der Waals surface area contributed by atoms with Crippen molar-refractivity contribution in [2.45, 2.75) is 17.6 Å². The maximum atomic E-state index is 4.38. The van der Waals surface area contributed by atoms with Crippen molar-refractivity contribution in [3.8, 4) is 0 Å². The van der Waals surface area contributed by atoms with Gasteiger partial charge >= 0.3 is 0 Å². The molecule has 0 amide bonds. The van der Waals surface area contributed by atoms with Crippen molar-refractivity contribution in [2.24, 2.45) is 0 Å². The van der Waals surface area contributed by atoms with E-state index in [0.29, 0.717) is 4.75 Å². The minimum absolute atomic E-state index is 0.444. The highest BCUT2D eigenvalue weighted by molar-refractivity contribution is 14.1. The third-order valence-electron chi connectivity index (χ3n) is 3.42. The Balaban J connectivity index is 1.89. The molecule has 0 spiro atoms. The van der Waals surface area contributed by atoms with Crippen molar-refractivity contribution in [2.75, 3.05) is 18.1 Å². The number of thioether (sulfide) groups is 1. The zero-order valence-electron chi connectivity index (χ0n) is 10.1. The summed E-state index contributed by atoms with van der Waals surface area (Å²) in [7, 11) is 0. The minimum Gasteiger partial charge on any atom is -0.368 e. The van der Waals surface area contributed by atoms with Gasteiger partial charge in [-0.1, -0.05) is 0 Å². The number of hydrogen-bond donors (Lipinski definition) is 1. The standard InChI is InChI=1S/C13H14IN3S/c1-18-13(4-5-13)7-15-12-10-6-9(14)2-3-11(10)16-8-17-12/h2-3,6,8H,4-5,7H2,1H3,(H,15,16,17). The molecule has 1 aliphatic carbocycles. The lowest BCUT2D eigenvalue weighted by atomic mass is 10.2. The van der Waals surface area contributed by atoms with E-state index in [2.05, 4.69) is 56.3 Å². The quantitative estimate of drug-likeness (QED) is 0.835. The molecule has 5 heteroatoms. The summed E-state index contributed by atoms with van der Waals surface area (Å²) in [4.78, 5) is 8.68. The van der Waals surface area contributed by atoms with Crippen LogP contribution in [0.5, 0.6) is 0 Å². The highest BCUT2D eigenvalue weighted by atomic mass is 127. The summed E-state index contributed by atoms with van der Waals surface area (Å²) in [6.45, 7) is 0.992. The van der Waals surface area contributed by atoms with Gasteiger partial charge in [0, 0.05) is 20.2 Å². The number of rotatable bonds is 4.